The van der Waals surface area contributed by atoms with E-state index in [1.54, 1.807) is 0 Å². The highest BCUT2D eigenvalue weighted by atomic mass is 15.1. The van der Waals surface area contributed by atoms with Gasteiger partial charge in [0.2, 0.25) is 0 Å². The van der Waals surface area contributed by atoms with Crippen molar-refractivity contribution in [3.05, 3.63) is 77.9 Å². The van der Waals surface area contributed by atoms with E-state index in [4.69, 9.17) is 0 Å². The van der Waals surface area contributed by atoms with Gasteiger partial charge in [0.05, 0.1) is 22.7 Å². The summed E-state index contributed by atoms with van der Waals surface area (Å²) in [5.74, 6) is 0. The Morgan fingerprint density at radius 1 is 0.621 bits per heavy atom. The fraction of sp³-hybridized carbons (Fsp3) is 0.250. The monoisotopic (exact) mass is 385 g/mol. The minimum absolute atomic E-state index is 0.782. The first-order chi connectivity index (χ1) is 14.1. The Kier molecular flexibility index (Phi) is 6.85. The Morgan fingerprint density at radius 2 is 1.10 bits per heavy atom. The van der Waals surface area contributed by atoms with Crippen molar-refractivity contribution in [1.29, 1.82) is 0 Å². The van der Waals surface area contributed by atoms with Gasteiger partial charge in [-0.25, -0.2) is 0 Å². The molecule has 29 heavy (non-hydrogen) atoms. The molecule has 3 rings (SSSR count). The first-order valence-electron chi connectivity index (χ1n) is 9.95. The van der Waals surface area contributed by atoms with Crippen molar-refractivity contribution in [1.82, 2.24) is 0 Å². The van der Waals surface area contributed by atoms with Gasteiger partial charge in [-0.05, 0) is 87.9 Å². The zero-order valence-corrected chi connectivity index (χ0v) is 17.5. The van der Waals surface area contributed by atoms with Crippen molar-refractivity contribution >= 4 is 28.4 Å². The molecule has 5 heteroatoms. The lowest BCUT2D eigenvalue weighted by Gasteiger charge is -2.21. The van der Waals surface area contributed by atoms with Crippen LogP contribution in [0.4, 0.5) is 28.4 Å². The smallest absolute Gasteiger partial charge is 0.0887 e. The molecule has 0 saturated heterocycles. The molecule has 0 atom stereocenters. The maximum absolute atomic E-state index is 4.41. The van der Waals surface area contributed by atoms with Gasteiger partial charge in [-0.2, -0.15) is 20.5 Å². The SMILES string of the molecule is CCN(CC)c1ccc(N=Nc2ccc(N=Nc3ccc(C)cc3)cc2)c(C)c1. The molecule has 0 aliphatic rings. The molecule has 5 nitrogen and oxygen atoms in total. The van der Waals surface area contributed by atoms with Gasteiger partial charge in [-0.1, -0.05) is 17.7 Å². The van der Waals surface area contributed by atoms with Crippen LogP contribution in [0.25, 0.3) is 0 Å². The number of benzene rings is 3. The molecule has 0 unspecified atom stereocenters. The molecule has 0 amide bonds. The Labute approximate surface area is 172 Å². The molecule has 3 aromatic rings. The van der Waals surface area contributed by atoms with Crippen molar-refractivity contribution < 1.29 is 0 Å². The normalized spacial score (nSPS) is 11.4. The van der Waals surface area contributed by atoms with Crippen LogP contribution in [-0.2, 0) is 0 Å². The maximum Gasteiger partial charge on any atom is 0.0887 e. The average molecular weight is 386 g/mol. The fourth-order valence-corrected chi connectivity index (χ4v) is 2.96. The van der Waals surface area contributed by atoms with Crippen LogP contribution in [-0.4, -0.2) is 13.1 Å². The highest BCUT2D eigenvalue weighted by molar-refractivity contribution is 5.58. The van der Waals surface area contributed by atoms with E-state index in [0.29, 0.717) is 0 Å². The van der Waals surface area contributed by atoms with Crippen molar-refractivity contribution in [2.75, 3.05) is 18.0 Å². The maximum atomic E-state index is 4.41. The molecule has 0 bridgehead atoms. The summed E-state index contributed by atoms with van der Waals surface area (Å²) in [6.07, 6.45) is 0. The number of hydrogen-bond acceptors (Lipinski definition) is 5. The molecule has 148 valence electrons. The lowest BCUT2D eigenvalue weighted by atomic mass is 10.1. The van der Waals surface area contributed by atoms with Crippen LogP contribution >= 0.6 is 0 Å². The number of rotatable bonds is 7. The van der Waals surface area contributed by atoms with E-state index in [-0.39, 0.29) is 0 Å². The van der Waals surface area contributed by atoms with E-state index < -0.39 is 0 Å². The molecular weight excluding hydrogens is 358 g/mol. The number of nitrogens with zero attached hydrogens (tertiary/aromatic N) is 5. The highest BCUT2D eigenvalue weighted by Gasteiger charge is 2.04. The minimum atomic E-state index is 0.782. The zero-order chi connectivity index (χ0) is 20.6. The third-order valence-electron chi connectivity index (χ3n) is 4.75. The second-order valence-electron chi connectivity index (χ2n) is 6.90. The molecule has 3 aromatic carbocycles. The van der Waals surface area contributed by atoms with Crippen molar-refractivity contribution in [3.8, 4) is 0 Å². The summed E-state index contributed by atoms with van der Waals surface area (Å²) in [4.78, 5) is 2.32. The van der Waals surface area contributed by atoms with Gasteiger partial charge < -0.3 is 4.90 Å². The summed E-state index contributed by atoms with van der Waals surface area (Å²) in [6, 6.07) is 21.8. The van der Waals surface area contributed by atoms with E-state index in [0.717, 1.165) is 41.4 Å². The lowest BCUT2D eigenvalue weighted by Crippen LogP contribution is -2.21. The van der Waals surface area contributed by atoms with Crippen LogP contribution in [0.1, 0.15) is 25.0 Å². The summed E-state index contributed by atoms with van der Waals surface area (Å²) in [5.41, 5.74) is 6.82. The first-order valence-corrected chi connectivity index (χ1v) is 9.95. The van der Waals surface area contributed by atoms with Gasteiger partial charge in [0.25, 0.3) is 0 Å². The Hall–Kier alpha value is -3.34. The number of azo groups is 2. The van der Waals surface area contributed by atoms with Crippen LogP contribution in [0, 0.1) is 13.8 Å². The predicted octanol–water partition coefficient (Wildman–Crippen LogP) is 7.98. The lowest BCUT2D eigenvalue weighted by molar-refractivity contribution is 0.865. The van der Waals surface area contributed by atoms with Gasteiger partial charge in [0.1, 0.15) is 0 Å². The summed E-state index contributed by atoms with van der Waals surface area (Å²) < 4.78 is 0. The van der Waals surface area contributed by atoms with E-state index in [1.807, 2.05) is 54.6 Å². The average Bonchev–Trinajstić information content (AvgIpc) is 2.74. The third kappa shape index (κ3) is 5.57. The first kappa shape index (κ1) is 20.4. The number of hydrogen-bond donors (Lipinski definition) is 0. The number of aryl methyl sites for hydroxylation is 2. The van der Waals surface area contributed by atoms with Crippen LogP contribution in [0.5, 0.6) is 0 Å². The molecule has 0 aliphatic heterocycles. The quantitative estimate of drug-likeness (QED) is 0.380. The topological polar surface area (TPSA) is 52.7 Å². The summed E-state index contributed by atoms with van der Waals surface area (Å²) in [6.45, 7) is 10.4. The highest BCUT2D eigenvalue weighted by Crippen LogP contribution is 2.27. The predicted molar refractivity (Wildman–Crippen MR) is 121 cm³/mol. The van der Waals surface area contributed by atoms with Crippen LogP contribution in [0.3, 0.4) is 0 Å². The molecule has 0 radical (unpaired) electrons. The van der Waals surface area contributed by atoms with E-state index >= 15 is 0 Å². The summed E-state index contributed by atoms with van der Waals surface area (Å²) in [5, 5.41) is 17.3. The standard InChI is InChI=1S/C24H27N5/c1-5-29(6-2)23-15-16-24(19(4)17-23)28-27-22-13-11-21(12-14-22)26-25-20-9-7-18(3)8-10-20/h7-17H,5-6H2,1-4H3. The van der Waals surface area contributed by atoms with E-state index in [2.05, 4.69) is 65.2 Å². The molecule has 0 N–H and O–H groups in total. The Balaban J connectivity index is 1.67. The van der Waals surface area contributed by atoms with E-state index in [1.165, 1.54) is 11.3 Å². The summed E-state index contributed by atoms with van der Waals surface area (Å²) >= 11 is 0. The molecule has 0 fully saturated rings. The van der Waals surface area contributed by atoms with Crippen LogP contribution in [0.2, 0.25) is 0 Å². The largest absolute Gasteiger partial charge is 0.372 e. The Morgan fingerprint density at radius 3 is 1.59 bits per heavy atom. The van der Waals surface area contributed by atoms with Gasteiger partial charge in [-0.3, -0.25) is 0 Å². The molecule has 0 aliphatic carbocycles. The zero-order valence-electron chi connectivity index (χ0n) is 17.5. The van der Waals surface area contributed by atoms with Gasteiger partial charge in [-0.15, -0.1) is 0 Å². The second-order valence-corrected chi connectivity index (χ2v) is 6.90. The van der Waals surface area contributed by atoms with Crippen molar-refractivity contribution in [2.45, 2.75) is 27.7 Å². The Bertz CT molecular complexity index is 985. The minimum Gasteiger partial charge on any atom is -0.372 e. The summed E-state index contributed by atoms with van der Waals surface area (Å²) in [7, 11) is 0. The number of anilines is 1. The van der Waals surface area contributed by atoms with Crippen LogP contribution < -0.4 is 4.90 Å². The van der Waals surface area contributed by atoms with Gasteiger partial charge in [0.15, 0.2) is 0 Å². The third-order valence-corrected chi connectivity index (χ3v) is 4.75. The second kappa shape index (κ2) is 9.73. The van der Waals surface area contributed by atoms with Crippen LogP contribution in [0.15, 0.2) is 87.2 Å². The molecule has 0 saturated carbocycles. The van der Waals surface area contributed by atoms with E-state index in [9.17, 15) is 0 Å². The van der Waals surface area contributed by atoms with Crippen molar-refractivity contribution in [2.24, 2.45) is 20.5 Å². The molecular formula is C24H27N5. The van der Waals surface area contributed by atoms with Gasteiger partial charge in [0, 0.05) is 18.8 Å². The molecule has 0 spiro atoms. The fourth-order valence-electron chi connectivity index (χ4n) is 2.96. The van der Waals surface area contributed by atoms with Crippen molar-refractivity contribution in [3.63, 3.8) is 0 Å². The molecule has 0 aromatic heterocycles. The van der Waals surface area contributed by atoms with Gasteiger partial charge >= 0.3 is 0 Å². The molecule has 0 heterocycles.